The number of rotatable bonds is 4. The second kappa shape index (κ2) is 5.35. The molecule has 1 aromatic carbocycles. The largest absolute Gasteiger partial charge is 0.505 e. The van der Waals surface area contributed by atoms with Crippen LogP contribution >= 0.6 is 0 Å². The number of pyridine rings is 1. The Kier molecular flexibility index (Phi) is 3.62. The first-order valence-electron chi connectivity index (χ1n) is 5.40. The van der Waals surface area contributed by atoms with Crippen LogP contribution in [-0.2, 0) is 6.54 Å². The molecule has 5 heteroatoms. The average Bonchev–Trinajstić information content (AvgIpc) is 2.41. The maximum atomic E-state index is 13.1. The van der Waals surface area contributed by atoms with Crippen molar-refractivity contribution in [2.24, 2.45) is 0 Å². The lowest BCUT2D eigenvalue weighted by atomic mass is 10.2. The summed E-state index contributed by atoms with van der Waals surface area (Å²) < 4.78 is 18.0. The minimum absolute atomic E-state index is 0.343. The molecule has 0 aliphatic heterocycles. The van der Waals surface area contributed by atoms with Gasteiger partial charge in [-0.15, -0.1) is 0 Å². The summed E-state index contributed by atoms with van der Waals surface area (Å²) in [5, 5.41) is 12.2. The van der Waals surface area contributed by atoms with E-state index in [1.807, 2.05) is 6.07 Å². The Labute approximate surface area is 104 Å². The molecule has 0 aliphatic rings. The van der Waals surface area contributed by atoms with Crippen LogP contribution in [-0.4, -0.2) is 17.2 Å². The van der Waals surface area contributed by atoms with Crippen LogP contribution in [0.25, 0.3) is 0 Å². The lowest BCUT2D eigenvalue weighted by Gasteiger charge is -2.07. The molecule has 94 valence electrons. The molecule has 0 radical (unpaired) electrons. The minimum Gasteiger partial charge on any atom is -0.505 e. The number of methoxy groups -OCH3 is 1. The Morgan fingerprint density at radius 3 is 2.78 bits per heavy atom. The topological polar surface area (TPSA) is 54.4 Å². The van der Waals surface area contributed by atoms with Crippen molar-refractivity contribution in [2.45, 2.75) is 6.54 Å². The first kappa shape index (κ1) is 12.2. The van der Waals surface area contributed by atoms with Crippen LogP contribution in [0, 0.1) is 5.82 Å². The van der Waals surface area contributed by atoms with Crippen molar-refractivity contribution >= 4 is 5.69 Å². The van der Waals surface area contributed by atoms with E-state index in [1.165, 1.54) is 12.1 Å². The predicted molar refractivity (Wildman–Crippen MR) is 66.2 cm³/mol. The highest BCUT2D eigenvalue weighted by atomic mass is 19.1. The molecule has 0 bridgehead atoms. The van der Waals surface area contributed by atoms with Gasteiger partial charge in [0.1, 0.15) is 0 Å². The van der Waals surface area contributed by atoms with Gasteiger partial charge in [0.2, 0.25) is 5.88 Å². The molecule has 0 saturated heterocycles. The van der Waals surface area contributed by atoms with Gasteiger partial charge in [0.25, 0.3) is 0 Å². The molecule has 0 spiro atoms. The van der Waals surface area contributed by atoms with Gasteiger partial charge in [0.05, 0.1) is 19.0 Å². The smallest absolute Gasteiger partial charge is 0.213 e. The number of benzene rings is 1. The number of hydrogen-bond acceptors (Lipinski definition) is 4. The average molecular weight is 248 g/mol. The Balaban J connectivity index is 1.99. The van der Waals surface area contributed by atoms with Crippen LogP contribution in [0.3, 0.4) is 0 Å². The number of nitrogens with zero attached hydrogens (tertiary/aromatic N) is 1. The number of anilines is 1. The maximum absolute atomic E-state index is 13.1. The van der Waals surface area contributed by atoms with Gasteiger partial charge in [-0.2, -0.15) is 0 Å². The van der Waals surface area contributed by atoms with Crippen molar-refractivity contribution in [1.29, 1.82) is 0 Å². The zero-order valence-electron chi connectivity index (χ0n) is 9.85. The lowest BCUT2D eigenvalue weighted by molar-refractivity contribution is 0.398. The van der Waals surface area contributed by atoms with E-state index in [-0.39, 0.29) is 5.75 Å². The van der Waals surface area contributed by atoms with E-state index in [4.69, 9.17) is 9.84 Å². The molecule has 2 aromatic rings. The standard InChI is InChI=1S/C13H13FN2O2/c1-18-13-5-3-10(8-16-13)15-7-9-2-4-12(17)11(14)6-9/h2-6,8,15,17H,7H2,1H3. The van der Waals surface area contributed by atoms with E-state index >= 15 is 0 Å². The van der Waals surface area contributed by atoms with E-state index in [1.54, 1.807) is 25.4 Å². The Bertz CT molecular complexity index is 529. The van der Waals surface area contributed by atoms with Crippen molar-refractivity contribution in [3.05, 3.63) is 47.9 Å². The number of halogens is 1. The van der Waals surface area contributed by atoms with Gasteiger partial charge < -0.3 is 15.2 Å². The van der Waals surface area contributed by atoms with Gasteiger partial charge >= 0.3 is 0 Å². The summed E-state index contributed by atoms with van der Waals surface area (Å²) in [6.07, 6.45) is 1.63. The molecule has 0 saturated carbocycles. The van der Waals surface area contributed by atoms with Crippen LogP contribution in [0.2, 0.25) is 0 Å². The third-order valence-electron chi connectivity index (χ3n) is 2.45. The number of ether oxygens (including phenoxy) is 1. The molecule has 0 atom stereocenters. The van der Waals surface area contributed by atoms with E-state index in [9.17, 15) is 4.39 Å². The number of aromatic nitrogens is 1. The third kappa shape index (κ3) is 2.88. The first-order chi connectivity index (χ1) is 8.69. The molecule has 2 N–H and O–H groups in total. The Morgan fingerprint density at radius 2 is 2.17 bits per heavy atom. The Hall–Kier alpha value is -2.30. The van der Waals surface area contributed by atoms with Crippen LogP contribution in [0.15, 0.2) is 36.5 Å². The summed E-state index contributed by atoms with van der Waals surface area (Å²) in [7, 11) is 1.55. The summed E-state index contributed by atoms with van der Waals surface area (Å²) in [6, 6.07) is 7.84. The number of aromatic hydroxyl groups is 1. The molecular formula is C13H13FN2O2. The molecule has 0 fully saturated rings. The molecule has 18 heavy (non-hydrogen) atoms. The van der Waals surface area contributed by atoms with Crippen molar-refractivity contribution < 1.29 is 14.2 Å². The van der Waals surface area contributed by atoms with Gasteiger partial charge in [-0.25, -0.2) is 9.37 Å². The predicted octanol–water partition coefficient (Wildman–Crippen LogP) is 2.55. The van der Waals surface area contributed by atoms with Gasteiger partial charge in [-0.3, -0.25) is 0 Å². The number of hydrogen-bond donors (Lipinski definition) is 2. The minimum atomic E-state index is -0.623. The SMILES string of the molecule is COc1ccc(NCc2ccc(O)c(F)c2)cn1. The van der Waals surface area contributed by atoms with Crippen molar-refractivity contribution in [2.75, 3.05) is 12.4 Å². The summed E-state index contributed by atoms with van der Waals surface area (Å²) in [5.74, 6) is -0.428. The van der Waals surface area contributed by atoms with Gasteiger partial charge in [0, 0.05) is 12.6 Å². The number of nitrogens with one attached hydrogen (secondary N) is 1. The van der Waals surface area contributed by atoms with Crippen LogP contribution in [0.4, 0.5) is 10.1 Å². The third-order valence-corrected chi connectivity index (χ3v) is 2.45. The van der Waals surface area contributed by atoms with Gasteiger partial charge in [-0.05, 0) is 23.8 Å². The quantitative estimate of drug-likeness (QED) is 0.873. The van der Waals surface area contributed by atoms with E-state index in [0.29, 0.717) is 12.4 Å². The van der Waals surface area contributed by atoms with Crippen LogP contribution in [0.5, 0.6) is 11.6 Å². The fraction of sp³-hybridized carbons (Fsp3) is 0.154. The van der Waals surface area contributed by atoms with Crippen molar-refractivity contribution in [3.8, 4) is 11.6 Å². The molecule has 0 unspecified atom stereocenters. The first-order valence-corrected chi connectivity index (χ1v) is 5.40. The number of phenolic OH excluding ortho intramolecular Hbond substituents is 1. The monoisotopic (exact) mass is 248 g/mol. The van der Waals surface area contributed by atoms with Crippen LogP contribution < -0.4 is 10.1 Å². The van der Waals surface area contributed by atoms with Crippen LogP contribution in [0.1, 0.15) is 5.56 Å². The Morgan fingerprint density at radius 1 is 1.33 bits per heavy atom. The molecule has 1 aromatic heterocycles. The highest BCUT2D eigenvalue weighted by Gasteiger charge is 2.01. The number of phenols is 1. The zero-order valence-corrected chi connectivity index (χ0v) is 9.85. The highest BCUT2D eigenvalue weighted by molar-refractivity contribution is 5.43. The summed E-state index contributed by atoms with van der Waals surface area (Å²) in [5.41, 5.74) is 1.55. The van der Waals surface area contributed by atoms with Gasteiger partial charge in [-0.1, -0.05) is 6.07 Å². The summed E-state index contributed by atoms with van der Waals surface area (Å²) >= 11 is 0. The fourth-order valence-corrected chi connectivity index (χ4v) is 1.47. The highest BCUT2D eigenvalue weighted by Crippen LogP contribution is 2.17. The summed E-state index contributed by atoms with van der Waals surface area (Å²) in [6.45, 7) is 0.450. The van der Waals surface area contributed by atoms with E-state index < -0.39 is 5.82 Å². The molecule has 4 nitrogen and oxygen atoms in total. The molecular weight excluding hydrogens is 235 g/mol. The van der Waals surface area contributed by atoms with E-state index in [2.05, 4.69) is 10.3 Å². The summed E-state index contributed by atoms with van der Waals surface area (Å²) in [4.78, 5) is 4.04. The van der Waals surface area contributed by atoms with Crippen molar-refractivity contribution in [1.82, 2.24) is 4.98 Å². The molecule has 1 heterocycles. The van der Waals surface area contributed by atoms with Crippen molar-refractivity contribution in [3.63, 3.8) is 0 Å². The zero-order chi connectivity index (χ0) is 13.0. The maximum Gasteiger partial charge on any atom is 0.213 e. The molecule has 0 aliphatic carbocycles. The van der Waals surface area contributed by atoms with Gasteiger partial charge in [0.15, 0.2) is 11.6 Å². The second-order valence-corrected chi connectivity index (χ2v) is 3.73. The molecule has 0 amide bonds. The fourth-order valence-electron chi connectivity index (χ4n) is 1.47. The lowest BCUT2D eigenvalue weighted by Crippen LogP contribution is -2.00. The normalized spacial score (nSPS) is 10.1. The molecule has 2 rings (SSSR count). The van der Waals surface area contributed by atoms with E-state index in [0.717, 1.165) is 11.3 Å². The second-order valence-electron chi connectivity index (χ2n) is 3.73.